The molecule has 0 unspecified atom stereocenters. The van der Waals surface area contributed by atoms with E-state index in [1.54, 1.807) is 18.7 Å². The highest BCUT2D eigenvalue weighted by Crippen LogP contribution is 2.23. The van der Waals surface area contributed by atoms with E-state index in [4.69, 9.17) is 0 Å². The van der Waals surface area contributed by atoms with Crippen molar-refractivity contribution in [2.24, 2.45) is 5.92 Å². The zero-order valence-corrected chi connectivity index (χ0v) is 16.6. The highest BCUT2D eigenvalue weighted by Gasteiger charge is 2.38. The molecule has 0 aromatic heterocycles. The second-order valence-electron chi connectivity index (χ2n) is 6.75. The van der Waals surface area contributed by atoms with E-state index in [0.717, 1.165) is 4.90 Å². The summed E-state index contributed by atoms with van der Waals surface area (Å²) in [4.78, 5) is 38.4. The number of carbonyl (C=O) groups is 3. The smallest absolute Gasteiger partial charge is 0.417 e. The zero-order chi connectivity index (χ0) is 20.5. The Hall–Kier alpha value is -2.46. The first kappa shape index (κ1) is 20.3. The molecule has 0 spiro atoms. The summed E-state index contributed by atoms with van der Waals surface area (Å²) in [6, 6.07) is 5.90. The van der Waals surface area contributed by atoms with E-state index < -0.39 is 16.1 Å². The fourth-order valence-electron chi connectivity index (χ4n) is 3.33. The lowest BCUT2D eigenvalue weighted by molar-refractivity contribution is -0.126. The molecule has 0 bridgehead atoms. The van der Waals surface area contributed by atoms with Crippen LogP contribution in [0.25, 0.3) is 0 Å². The van der Waals surface area contributed by atoms with Gasteiger partial charge < -0.3 is 9.64 Å². The molecule has 10 heteroatoms. The number of sulfonamides is 1. The van der Waals surface area contributed by atoms with Crippen molar-refractivity contribution in [2.45, 2.75) is 18.7 Å². The van der Waals surface area contributed by atoms with Gasteiger partial charge in [0.15, 0.2) is 6.61 Å². The van der Waals surface area contributed by atoms with E-state index in [0.29, 0.717) is 31.7 Å². The lowest BCUT2D eigenvalue weighted by atomic mass is 9.98. The van der Waals surface area contributed by atoms with Gasteiger partial charge in [-0.3, -0.25) is 9.59 Å². The van der Waals surface area contributed by atoms with Gasteiger partial charge in [0.2, 0.25) is 10.0 Å². The van der Waals surface area contributed by atoms with Crippen molar-refractivity contribution >= 4 is 27.9 Å². The quantitative estimate of drug-likeness (QED) is 0.659. The van der Waals surface area contributed by atoms with E-state index in [-0.39, 0.29) is 35.8 Å². The van der Waals surface area contributed by atoms with Gasteiger partial charge in [0.05, 0.1) is 4.90 Å². The first-order chi connectivity index (χ1) is 13.3. The van der Waals surface area contributed by atoms with Crippen LogP contribution in [0.15, 0.2) is 29.2 Å². The van der Waals surface area contributed by atoms with Gasteiger partial charge in [-0.15, -0.1) is 0 Å². The van der Waals surface area contributed by atoms with Crippen molar-refractivity contribution < 1.29 is 27.5 Å². The molecule has 2 aliphatic rings. The Bertz CT molecular complexity index is 857. The second-order valence-corrected chi connectivity index (χ2v) is 8.69. The van der Waals surface area contributed by atoms with Gasteiger partial charge in [-0.1, -0.05) is 13.8 Å². The molecule has 3 rings (SSSR count). The number of imide groups is 1. The predicted octanol–water partition coefficient (Wildman–Crippen LogP) is 0.768. The zero-order valence-electron chi connectivity index (χ0n) is 15.8. The van der Waals surface area contributed by atoms with Crippen LogP contribution in [0, 0.1) is 5.92 Å². The number of hydrogen-bond donors (Lipinski definition) is 0. The van der Waals surface area contributed by atoms with Crippen LogP contribution >= 0.6 is 0 Å². The van der Waals surface area contributed by atoms with E-state index in [1.807, 2.05) is 0 Å². The molecule has 0 aliphatic carbocycles. The molecule has 2 fully saturated rings. The Labute approximate surface area is 163 Å². The number of hydrogen-bond acceptors (Lipinski definition) is 6. The molecule has 0 atom stereocenters. The minimum Gasteiger partial charge on any atom is -0.439 e. The van der Waals surface area contributed by atoms with Crippen LogP contribution in [0.5, 0.6) is 0 Å². The number of nitrogens with zero attached hydrogens (tertiary/aromatic N) is 3. The highest BCUT2D eigenvalue weighted by atomic mass is 32.2. The van der Waals surface area contributed by atoms with Gasteiger partial charge in [-0.25, -0.2) is 18.1 Å². The molecule has 1 aromatic rings. The van der Waals surface area contributed by atoms with Crippen LogP contribution in [0.2, 0.25) is 0 Å². The molecule has 0 saturated carbocycles. The molecule has 2 saturated heterocycles. The molecular weight excluding hydrogens is 386 g/mol. The average Bonchev–Trinajstić information content (AvgIpc) is 2.96. The van der Waals surface area contributed by atoms with Gasteiger partial charge in [0.25, 0.3) is 11.8 Å². The summed E-state index contributed by atoms with van der Waals surface area (Å²) in [5.74, 6) is -0.556. The number of carbonyl (C=O) groups excluding carboxylic acids is 3. The number of likely N-dealkylation sites (tertiary alicyclic amines) is 1. The minimum absolute atomic E-state index is 0.0147. The first-order valence-corrected chi connectivity index (χ1v) is 10.6. The van der Waals surface area contributed by atoms with Crippen LogP contribution in [-0.4, -0.2) is 79.8 Å². The van der Waals surface area contributed by atoms with Gasteiger partial charge >= 0.3 is 6.09 Å². The summed E-state index contributed by atoms with van der Waals surface area (Å²) < 4.78 is 31.0. The highest BCUT2D eigenvalue weighted by molar-refractivity contribution is 7.89. The monoisotopic (exact) mass is 409 g/mol. The minimum atomic E-state index is -3.56. The Balaban J connectivity index is 1.59. The molecule has 0 N–H and O–H groups in total. The molecular formula is C18H23N3O6S. The fourth-order valence-corrected chi connectivity index (χ4v) is 4.79. The van der Waals surface area contributed by atoms with Crippen LogP contribution in [0.1, 0.15) is 24.2 Å². The van der Waals surface area contributed by atoms with Crippen molar-refractivity contribution in [2.75, 3.05) is 39.3 Å². The molecule has 1 aromatic carbocycles. The summed E-state index contributed by atoms with van der Waals surface area (Å²) in [7, 11) is -3.56. The summed E-state index contributed by atoms with van der Waals surface area (Å²) in [6.45, 7) is 5.16. The van der Waals surface area contributed by atoms with Gasteiger partial charge in [-0.05, 0) is 24.3 Å². The maximum Gasteiger partial charge on any atom is 0.417 e. The molecule has 0 radical (unpaired) electrons. The number of amides is 3. The molecule has 9 nitrogen and oxygen atoms in total. The van der Waals surface area contributed by atoms with Crippen molar-refractivity contribution in [1.29, 1.82) is 0 Å². The molecule has 2 aliphatic heterocycles. The normalized spacial score (nSPS) is 17.8. The van der Waals surface area contributed by atoms with E-state index >= 15 is 0 Å². The summed E-state index contributed by atoms with van der Waals surface area (Å²) in [6.07, 6.45) is -0.639. The van der Waals surface area contributed by atoms with Gasteiger partial charge in [0, 0.05) is 44.2 Å². The van der Waals surface area contributed by atoms with Gasteiger partial charge in [0.1, 0.15) is 0 Å². The third-order valence-electron chi connectivity index (χ3n) is 4.97. The van der Waals surface area contributed by atoms with Crippen molar-refractivity contribution in [3.63, 3.8) is 0 Å². The Morgan fingerprint density at radius 3 is 2.25 bits per heavy atom. The maximum absolute atomic E-state index is 12.5. The largest absolute Gasteiger partial charge is 0.439 e. The predicted molar refractivity (Wildman–Crippen MR) is 99.0 cm³/mol. The summed E-state index contributed by atoms with van der Waals surface area (Å²) in [5.41, 5.74) is 0.397. The Morgan fingerprint density at radius 2 is 1.75 bits per heavy atom. The summed E-state index contributed by atoms with van der Waals surface area (Å²) >= 11 is 0. The topological polar surface area (TPSA) is 104 Å². The van der Waals surface area contributed by atoms with Crippen molar-refractivity contribution in [3.8, 4) is 0 Å². The standard InChI is InChI=1S/C18H23N3O6S/c1-3-20(4-2)28(25,26)15-7-5-14(6-8-15)17(23)19-9-13(10-19)11-21-16(22)12-27-18(21)24/h5-8,13H,3-4,9-12H2,1-2H3. The lowest BCUT2D eigenvalue weighted by Crippen LogP contribution is -2.54. The SMILES string of the molecule is CCN(CC)S(=O)(=O)c1ccc(C(=O)N2CC(CN3C(=O)COC3=O)C2)cc1. The van der Waals surface area contributed by atoms with Crippen molar-refractivity contribution in [3.05, 3.63) is 29.8 Å². The number of benzene rings is 1. The van der Waals surface area contributed by atoms with E-state index in [2.05, 4.69) is 4.74 Å². The van der Waals surface area contributed by atoms with Gasteiger partial charge in [-0.2, -0.15) is 4.31 Å². The molecule has 28 heavy (non-hydrogen) atoms. The van der Waals surface area contributed by atoms with Crippen LogP contribution in [0.3, 0.4) is 0 Å². The fraction of sp³-hybridized carbons (Fsp3) is 0.500. The maximum atomic E-state index is 12.5. The number of cyclic esters (lactones) is 1. The third-order valence-corrected chi connectivity index (χ3v) is 7.03. The van der Waals surface area contributed by atoms with Crippen LogP contribution in [-0.2, 0) is 19.6 Å². The van der Waals surface area contributed by atoms with Crippen LogP contribution in [0.4, 0.5) is 4.79 Å². The van der Waals surface area contributed by atoms with E-state index in [1.165, 1.54) is 28.6 Å². The molecule has 2 heterocycles. The number of rotatable bonds is 7. The average molecular weight is 409 g/mol. The first-order valence-electron chi connectivity index (χ1n) is 9.14. The second kappa shape index (κ2) is 7.88. The van der Waals surface area contributed by atoms with E-state index in [9.17, 15) is 22.8 Å². The van der Waals surface area contributed by atoms with Crippen LogP contribution < -0.4 is 0 Å². The van der Waals surface area contributed by atoms with Crippen molar-refractivity contribution in [1.82, 2.24) is 14.1 Å². The molecule has 152 valence electrons. The number of ether oxygens (including phenoxy) is 1. The molecule has 3 amide bonds. The Morgan fingerprint density at radius 1 is 1.14 bits per heavy atom. The summed E-state index contributed by atoms with van der Waals surface area (Å²) in [5, 5.41) is 0. The Kier molecular flexibility index (Phi) is 5.71. The third kappa shape index (κ3) is 3.74. The lowest BCUT2D eigenvalue weighted by Gasteiger charge is -2.40.